The molecule has 1 aromatic heterocycles. The molecule has 14 heavy (non-hydrogen) atoms. The number of nitrogens with one attached hydrogen (secondary N) is 1. The Morgan fingerprint density at radius 1 is 1.79 bits per heavy atom. The van der Waals surface area contributed by atoms with Crippen molar-refractivity contribution in [3.8, 4) is 0 Å². The molecule has 76 valence electrons. The normalized spacial score (nSPS) is 21.5. The van der Waals surface area contributed by atoms with Gasteiger partial charge in [-0.25, -0.2) is 0 Å². The van der Waals surface area contributed by atoms with Gasteiger partial charge < -0.3 is 10.6 Å². The number of hydrogen-bond acceptors (Lipinski definition) is 3. The van der Waals surface area contributed by atoms with E-state index in [1.807, 2.05) is 4.90 Å². The zero-order valence-corrected chi connectivity index (χ0v) is 7.94. The Morgan fingerprint density at radius 2 is 2.64 bits per heavy atom. The monoisotopic (exact) mass is 194 g/mol. The summed E-state index contributed by atoms with van der Waals surface area (Å²) in [6.07, 6.45) is 2.60. The van der Waals surface area contributed by atoms with Crippen LogP contribution >= 0.6 is 0 Å². The highest BCUT2D eigenvalue weighted by Gasteiger charge is 2.26. The van der Waals surface area contributed by atoms with Crippen LogP contribution in [0, 0.1) is 5.92 Å². The molecule has 0 saturated carbocycles. The van der Waals surface area contributed by atoms with Crippen LogP contribution in [0.4, 0.5) is 0 Å². The minimum absolute atomic E-state index is 0.0263. The van der Waals surface area contributed by atoms with Crippen molar-refractivity contribution in [2.75, 3.05) is 19.6 Å². The van der Waals surface area contributed by atoms with Gasteiger partial charge in [0.15, 0.2) is 0 Å². The van der Waals surface area contributed by atoms with Gasteiger partial charge in [0.05, 0.1) is 0 Å². The number of nitrogens with two attached hydrogens (primary N) is 1. The molecule has 1 aromatic rings. The zero-order chi connectivity index (χ0) is 9.97. The molecule has 1 saturated heterocycles. The summed E-state index contributed by atoms with van der Waals surface area (Å²) in [5, 5.41) is 6.43. The second-order valence-corrected chi connectivity index (χ2v) is 3.61. The number of likely N-dealkylation sites (tertiary alicyclic amines) is 1. The van der Waals surface area contributed by atoms with Crippen LogP contribution in [0.3, 0.4) is 0 Å². The van der Waals surface area contributed by atoms with Crippen LogP contribution in [-0.2, 0) is 0 Å². The van der Waals surface area contributed by atoms with Crippen molar-refractivity contribution >= 4 is 5.91 Å². The summed E-state index contributed by atoms with van der Waals surface area (Å²) in [5.41, 5.74) is 6.11. The van der Waals surface area contributed by atoms with E-state index >= 15 is 0 Å². The Labute approximate surface area is 82.3 Å². The first kappa shape index (κ1) is 9.21. The van der Waals surface area contributed by atoms with Crippen LogP contribution in [0.2, 0.25) is 0 Å². The molecule has 3 N–H and O–H groups in total. The molecule has 0 radical (unpaired) electrons. The second-order valence-electron chi connectivity index (χ2n) is 3.61. The molecule has 1 atom stereocenters. The van der Waals surface area contributed by atoms with Crippen LogP contribution < -0.4 is 5.73 Å². The van der Waals surface area contributed by atoms with E-state index < -0.39 is 0 Å². The number of hydrogen-bond donors (Lipinski definition) is 2. The molecule has 1 aliphatic rings. The topological polar surface area (TPSA) is 75.0 Å². The lowest BCUT2D eigenvalue weighted by Crippen LogP contribution is -2.30. The highest BCUT2D eigenvalue weighted by molar-refractivity contribution is 5.92. The summed E-state index contributed by atoms with van der Waals surface area (Å²) < 4.78 is 0. The van der Waals surface area contributed by atoms with Gasteiger partial charge >= 0.3 is 0 Å². The van der Waals surface area contributed by atoms with Crippen LogP contribution in [0.25, 0.3) is 0 Å². The molecule has 2 rings (SSSR count). The minimum Gasteiger partial charge on any atom is -0.337 e. The van der Waals surface area contributed by atoms with Crippen molar-refractivity contribution in [2.24, 2.45) is 11.7 Å². The number of carbonyl (C=O) groups excluding carboxylic acids is 1. The largest absolute Gasteiger partial charge is 0.337 e. The number of aromatic nitrogens is 2. The Kier molecular flexibility index (Phi) is 2.49. The van der Waals surface area contributed by atoms with Crippen molar-refractivity contribution in [1.29, 1.82) is 0 Å². The first-order valence-electron chi connectivity index (χ1n) is 4.80. The van der Waals surface area contributed by atoms with Crippen molar-refractivity contribution in [3.05, 3.63) is 18.0 Å². The van der Waals surface area contributed by atoms with Crippen molar-refractivity contribution in [1.82, 2.24) is 15.1 Å². The number of aromatic amines is 1. The van der Waals surface area contributed by atoms with Crippen molar-refractivity contribution in [3.63, 3.8) is 0 Å². The van der Waals surface area contributed by atoms with E-state index in [-0.39, 0.29) is 5.91 Å². The number of H-pyrrole nitrogens is 1. The number of nitrogens with zero attached hydrogens (tertiary/aromatic N) is 2. The average Bonchev–Trinajstić information content (AvgIpc) is 2.88. The van der Waals surface area contributed by atoms with Gasteiger partial charge in [0.25, 0.3) is 5.91 Å². The molecule has 1 unspecified atom stereocenters. The summed E-state index contributed by atoms with van der Waals surface area (Å²) in [6.45, 7) is 2.24. The molecule has 1 amide bonds. The Hall–Kier alpha value is -1.36. The predicted octanol–water partition coefficient (Wildman–Crippen LogP) is -0.170. The maximum absolute atomic E-state index is 11.8. The standard InChI is InChI=1S/C9H14N4O/c10-5-7-2-4-13(6-7)9(14)8-1-3-11-12-8/h1,3,7H,2,4-6,10H2,(H,11,12). The molecular formula is C9H14N4O. The predicted molar refractivity (Wildman–Crippen MR) is 51.7 cm³/mol. The number of carbonyl (C=O) groups is 1. The highest BCUT2D eigenvalue weighted by atomic mass is 16.2. The Bertz CT molecular complexity index is 309. The molecule has 5 nitrogen and oxygen atoms in total. The van der Waals surface area contributed by atoms with Gasteiger partial charge in [-0.15, -0.1) is 0 Å². The van der Waals surface area contributed by atoms with Gasteiger partial charge in [-0.3, -0.25) is 9.89 Å². The van der Waals surface area contributed by atoms with Crippen LogP contribution in [0.5, 0.6) is 0 Å². The summed E-state index contributed by atoms with van der Waals surface area (Å²) >= 11 is 0. The number of amides is 1. The van der Waals surface area contributed by atoms with Crippen LogP contribution in [-0.4, -0.2) is 40.6 Å². The maximum Gasteiger partial charge on any atom is 0.271 e. The summed E-state index contributed by atoms with van der Waals surface area (Å²) in [7, 11) is 0. The fourth-order valence-electron chi connectivity index (χ4n) is 1.75. The van der Waals surface area contributed by atoms with Crippen LogP contribution in [0.1, 0.15) is 16.9 Å². The second kappa shape index (κ2) is 3.79. The molecule has 1 fully saturated rings. The third-order valence-electron chi connectivity index (χ3n) is 2.64. The highest BCUT2D eigenvalue weighted by Crippen LogP contribution is 2.16. The van der Waals surface area contributed by atoms with E-state index in [4.69, 9.17) is 5.73 Å². The molecular weight excluding hydrogens is 180 g/mol. The van der Waals surface area contributed by atoms with E-state index in [9.17, 15) is 4.79 Å². The van der Waals surface area contributed by atoms with E-state index in [1.54, 1.807) is 12.3 Å². The minimum atomic E-state index is 0.0263. The SMILES string of the molecule is NCC1CCN(C(=O)c2ccn[nH]2)C1. The lowest BCUT2D eigenvalue weighted by Gasteiger charge is -2.14. The van der Waals surface area contributed by atoms with Gasteiger partial charge in [-0.1, -0.05) is 0 Å². The fraction of sp³-hybridized carbons (Fsp3) is 0.556. The number of rotatable bonds is 2. The van der Waals surface area contributed by atoms with E-state index in [0.29, 0.717) is 18.2 Å². The van der Waals surface area contributed by atoms with Crippen LogP contribution in [0.15, 0.2) is 12.3 Å². The van der Waals surface area contributed by atoms with Gasteiger partial charge in [-0.05, 0) is 24.9 Å². The molecule has 5 heteroatoms. The summed E-state index contributed by atoms with van der Waals surface area (Å²) in [6, 6.07) is 1.69. The first-order chi connectivity index (χ1) is 6.81. The van der Waals surface area contributed by atoms with Crippen molar-refractivity contribution < 1.29 is 4.79 Å². The Morgan fingerprint density at radius 3 is 3.21 bits per heavy atom. The van der Waals surface area contributed by atoms with Crippen molar-refractivity contribution in [2.45, 2.75) is 6.42 Å². The van der Waals surface area contributed by atoms with E-state index in [0.717, 1.165) is 19.5 Å². The molecule has 0 bridgehead atoms. The van der Waals surface area contributed by atoms with E-state index in [2.05, 4.69) is 10.2 Å². The smallest absolute Gasteiger partial charge is 0.271 e. The first-order valence-corrected chi connectivity index (χ1v) is 4.80. The molecule has 0 spiro atoms. The third-order valence-corrected chi connectivity index (χ3v) is 2.64. The molecule has 0 aromatic carbocycles. The van der Waals surface area contributed by atoms with Gasteiger partial charge in [0.2, 0.25) is 0 Å². The lowest BCUT2D eigenvalue weighted by molar-refractivity contribution is 0.0782. The quantitative estimate of drug-likeness (QED) is 0.686. The van der Waals surface area contributed by atoms with Gasteiger partial charge in [0.1, 0.15) is 5.69 Å². The average molecular weight is 194 g/mol. The zero-order valence-electron chi connectivity index (χ0n) is 7.94. The lowest BCUT2D eigenvalue weighted by atomic mass is 10.1. The Balaban J connectivity index is 2.00. The molecule has 1 aliphatic heterocycles. The molecule has 2 heterocycles. The maximum atomic E-state index is 11.8. The summed E-state index contributed by atoms with van der Waals surface area (Å²) in [5.74, 6) is 0.486. The van der Waals surface area contributed by atoms with Gasteiger partial charge in [-0.2, -0.15) is 5.10 Å². The third kappa shape index (κ3) is 1.63. The fourth-order valence-corrected chi connectivity index (χ4v) is 1.75. The van der Waals surface area contributed by atoms with E-state index in [1.165, 1.54) is 0 Å². The summed E-state index contributed by atoms with van der Waals surface area (Å²) in [4.78, 5) is 13.6. The van der Waals surface area contributed by atoms with Gasteiger partial charge in [0, 0.05) is 19.3 Å². The molecule has 0 aliphatic carbocycles.